The molecule has 27 heavy (non-hydrogen) atoms. The molecule has 1 saturated carbocycles. The first-order valence-electron chi connectivity index (χ1n) is 9.65. The molecule has 0 bridgehead atoms. The van der Waals surface area contributed by atoms with Crippen LogP contribution in [-0.4, -0.2) is 21.8 Å². The number of amides is 1. The van der Waals surface area contributed by atoms with Crippen LogP contribution >= 0.6 is 11.3 Å². The molecule has 3 aromatic rings. The van der Waals surface area contributed by atoms with Crippen molar-refractivity contribution < 1.29 is 4.79 Å². The Morgan fingerprint density at radius 3 is 2.74 bits per heavy atom. The lowest BCUT2D eigenvalue weighted by molar-refractivity contribution is 0.0669. The predicted octanol–water partition coefficient (Wildman–Crippen LogP) is 4.74. The minimum absolute atomic E-state index is 0.0405. The van der Waals surface area contributed by atoms with Crippen molar-refractivity contribution in [3.63, 3.8) is 0 Å². The normalized spacial score (nSPS) is 14.7. The zero-order valence-corrected chi connectivity index (χ0v) is 16.3. The Balaban J connectivity index is 1.70. The van der Waals surface area contributed by atoms with Gasteiger partial charge in [0.1, 0.15) is 0 Å². The molecule has 4 nitrogen and oxygen atoms in total. The third kappa shape index (κ3) is 3.69. The second-order valence-corrected chi connectivity index (χ2v) is 8.20. The third-order valence-electron chi connectivity index (χ3n) is 5.49. The highest BCUT2D eigenvalue weighted by Crippen LogP contribution is 2.27. The van der Waals surface area contributed by atoms with Crippen LogP contribution in [0.1, 0.15) is 53.4 Å². The van der Waals surface area contributed by atoms with E-state index in [-0.39, 0.29) is 17.5 Å². The summed E-state index contributed by atoms with van der Waals surface area (Å²) in [5.41, 5.74) is 2.64. The highest BCUT2D eigenvalue weighted by atomic mass is 32.1. The van der Waals surface area contributed by atoms with Crippen LogP contribution in [0.15, 0.2) is 46.6 Å². The van der Waals surface area contributed by atoms with Crippen molar-refractivity contribution in [2.45, 2.75) is 51.6 Å². The molecule has 5 heteroatoms. The number of carbonyl (C=O) groups excluding carboxylic acids is 1. The van der Waals surface area contributed by atoms with Crippen molar-refractivity contribution >= 4 is 28.1 Å². The number of H-pyrrole nitrogens is 1. The molecule has 140 valence electrons. The summed E-state index contributed by atoms with van der Waals surface area (Å²) in [5.74, 6) is 0.0405. The fourth-order valence-corrected chi connectivity index (χ4v) is 4.63. The van der Waals surface area contributed by atoms with Crippen LogP contribution in [0.5, 0.6) is 0 Å². The number of aromatic amines is 1. The van der Waals surface area contributed by atoms with Crippen molar-refractivity contribution in [3.05, 3.63) is 68.1 Å². The van der Waals surface area contributed by atoms with Gasteiger partial charge in [-0.2, -0.15) is 0 Å². The van der Waals surface area contributed by atoms with Gasteiger partial charge in [-0.15, -0.1) is 11.3 Å². The SMILES string of the molecule is CCc1ccc2[nH]c(=O)c(CN(C(=O)c3cccs3)C3CCCC3)cc2c1. The van der Waals surface area contributed by atoms with Crippen molar-refractivity contribution in [1.29, 1.82) is 0 Å². The van der Waals surface area contributed by atoms with E-state index in [4.69, 9.17) is 0 Å². The number of rotatable bonds is 5. The summed E-state index contributed by atoms with van der Waals surface area (Å²) < 4.78 is 0. The molecule has 1 aliphatic carbocycles. The van der Waals surface area contributed by atoms with Crippen molar-refractivity contribution in [2.75, 3.05) is 0 Å². The standard InChI is InChI=1S/C22H24N2O2S/c1-2-15-9-10-19-16(12-15)13-17(21(25)23-19)14-24(18-6-3-4-7-18)22(26)20-8-5-11-27-20/h5,8-13,18H,2-4,6-7,14H2,1H3,(H,23,25). The Kier molecular flexibility index (Phi) is 5.12. The second-order valence-electron chi connectivity index (χ2n) is 7.25. The predicted molar refractivity (Wildman–Crippen MR) is 110 cm³/mol. The first kappa shape index (κ1) is 18.0. The van der Waals surface area contributed by atoms with E-state index in [0.717, 1.165) is 47.9 Å². The first-order chi connectivity index (χ1) is 13.2. The average Bonchev–Trinajstić information content (AvgIpc) is 3.39. The van der Waals surface area contributed by atoms with Gasteiger partial charge in [-0.1, -0.05) is 31.9 Å². The number of nitrogens with one attached hydrogen (secondary N) is 1. The van der Waals surface area contributed by atoms with Gasteiger partial charge in [-0.3, -0.25) is 9.59 Å². The number of nitrogens with zero attached hydrogens (tertiary/aromatic N) is 1. The van der Waals surface area contributed by atoms with E-state index in [9.17, 15) is 9.59 Å². The molecule has 0 unspecified atom stereocenters. The van der Waals surface area contributed by atoms with E-state index in [0.29, 0.717) is 12.1 Å². The van der Waals surface area contributed by atoms with Crippen molar-refractivity contribution in [1.82, 2.24) is 9.88 Å². The smallest absolute Gasteiger partial charge is 0.264 e. The molecule has 2 heterocycles. The zero-order chi connectivity index (χ0) is 18.8. The lowest BCUT2D eigenvalue weighted by Crippen LogP contribution is -2.39. The molecule has 1 aromatic carbocycles. The highest BCUT2D eigenvalue weighted by Gasteiger charge is 2.28. The largest absolute Gasteiger partial charge is 0.330 e. The maximum Gasteiger partial charge on any atom is 0.264 e. The Bertz CT molecular complexity index is 1000. The molecule has 1 amide bonds. The molecule has 1 N–H and O–H groups in total. The fourth-order valence-electron chi connectivity index (χ4n) is 3.95. The molecular weight excluding hydrogens is 356 g/mol. The van der Waals surface area contributed by atoms with E-state index in [1.807, 2.05) is 40.6 Å². The Morgan fingerprint density at radius 2 is 2.04 bits per heavy atom. The molecule has 0 aliphatic heterocycles. The Hall–Kier alpha value is -2.40. The lowest BCUT2D eigenvalue weighted by atomic mass is 10.1. The number of thiophene rings is 1. The molecule has 4 rings (SSSR count). The third-order valence-corrected chi connectivity index (χ3v) is 6.35. The van der Waals surface area contributed by atoms with E-state index >= 15 is 0 Å². The summed E-state index contributed by atoms with van der Waals surface area (Å²) in [7, 11) is 0. The molecule has 0 spiro atoms. The van der Waals surface area contributed by atoms with Gasteiger partial charge in [0.25, 0.3) is 11.5 Å². The quantitative estimate of drug-likeness (QED) is 0.695. The summed E-state index contributed by atoms with van der Waals surface area (Å²) in [5, 5.41) is 2.95. The Labute approximate surface area is 162 Å². The number of benzene rings is 1. The zero-order valence-electron chi connectivity index (χ0n) is 15.5. The number of carbonyl (C=O) groups is 1. The van der Waals surface area contributed by atoms with Gasteiger partial charge in [-0.05, 0) is 59.9 Å². The molecule has 0 saturated heterocycles. The molecule has 1 fully saturated rings. The topological polar surface area (TPSA) is 53.2 Å². The minimum atomic E-state index is -0.103. The lowest BCUT2D eigenvalue weighted by Gasteiger charge is -2.28. The number of aromatic nitrogens is 1. The number of hydrogen-bond acceptors (Lipinski definition) is 3. The van der Waals surface area contributed by atoms with Crippen molar-refractivity contribution in [3.8, 4) is 0 Å². The summed E-state index contributed by atoms with van der Waals surface area (Å²) >= 11 is 1.46. The number of fused-ring (bicyclic) bond motifs is 1. The monoisotopic (exact) mass is 380 g/mol. The van der Waals surface area contributed by atoms with E-state index in [2.05, 4.69) is 18.0 Å². The van der Waals surface area contributed by atoms with Gasteiger partial charge in [0, 0.05) is 17.1 Å². The maximum atomic E-state index is 13.1. The molecular formula is C22H24N2O2S. The van der Waals surface area contributed by atoms with E-state index in [1.165, 1.54) is 16.9 Å². The second kappa shape index (κ2) is 7.69. The van der Waals surface area contributed by atoms with Gasteiger partial charge < -0.3 is 9.88 Å². The van der Waals surface area contributed by atoms with Crippen LogP contribution in [-0.2, 0) is 13.0 Å². The molecule has 0 atom stereocenters. The van der Waals surface area contributed by atoms with Gasteiger partial charge in [0.15, 0.2) is 0 Å². The van der Waals surface area contributed by atoms with Gasteiger partial charge in [-0.25, -0.2) is 0 Å². The molecule has 0 radical (unpaired) electrons. The summed E-state index contributed by atoms with van der Waals surface area (Å²) in [6, 6.07) is 12.1. The molecule has 1 aliphatic rings. The summed E-state index contributed by atoms with van der Waals surface area (Å²) in [6.45, 7) is 2.48. The number of hydrogen-bond donors (Lipinski definition) is 1. The molecule has 2 aromatic heterocycles. The first-order valence-corrected chi connectivity index (χ1v) is 10.5. The van der Waals surface area contributed by atoms with E-state index < -0.39 is 0 Å². The van der Waals surface area contributed by atoms with Gasteiger partial charge in [0.2, 0.25) is 0 Å². The van der Waals surface area contributed by atoms with Gasteiger partial charge in [0.05, 0.1) is 11.4 Å². The maximum absolute atomic E-state index is 13.1. The van der Waals surface area contributed by atoms with Crippen LogP contribution in [0.4, 0.5) is 0 Å². The number of aryl methyl sites for hydroxylation is 1. The highest BCUT2D eigenvalue weighted by molar-refractivity contribution is 7.12. The van der Waals surface area contributed by atoms with Crippen LogP contribution in [0.2, 0.25) is 0 Å². The van der Waals surface area contributed by atoms with Crippen molar-refractivity contribution in [2.24, 2.45) is 0 Å². The van der Waals surface area contributed by atoms with Crippen LogP contribution < -0.4 is 5.56 Å². The van der Waals surface area contributed by atoms with Crippen LogP contribution in [0.3, 0.4) is 0 Å². The number of pyridine rings is 1. The van der Waals surface area contributed by atoms with Crippen LogP contribution in [0.25, 0.3) is 10.9 Å². The van der Waals surface area contributed by atoms with Crippen LogP contribution in [0, 0.1) is 0 Å². The summed E-state index contributed by atoms with van der Waals surface area (Å²) in [6.07, 6.45) is 5.28. The fraction of sp³-hybridized carbons (Fsp3) is 0.364. The Morgan fingerprint density at radius 1 is 1.22 bits per heavy atom. The summed E-state index contributed by atoms with van der Waals surface area (Å²) in [4.78, 5) is 31.4. The van der Waals surface area contributed by atoms with Gasteiger partial charge >= 0.3 is 0 Å². The average molecular weight is 381 g/mol. The van der Waals surface area contributed by atoms with E-state index in [1.54, 1.807) is 0 Å². The minimum Gasteiger partial charge on any atom is -0.330 e.